The van der Waals surface area contributed by atoms with Gasteiger partial charge in [0.1, 0.15) is 5.03 Å². The van der Waals surface area contributed by atoms with Gasteiger partial charge < -0.3 is 4.74 Å². The molecule has 1 heterocycles. The zero-order valence-electron chi connectivity index (χ0n) is 8.36. The fourth-order valence-corrected chi connectivity index (χ4v) is 1.68. The molecule has 0 unspecified atom stereocenters. The van der Waals surface area contributed by atoms with Gasteiger partial charge in [0, 0.05) is 18.2 Å². The number of nitrogens with zero attached hydrogens (tertiary/aromatic N) is 1. The molecule has 0 aromatic carbocycles. The Morgan fingerprint density at radius 2 is 2.40 bits per heavy atom. The van der Waals surface area contributed by atoms with Gasteiger partial charge in [0.25, 0.3) is 5.56 Å². The normalized spacial score (nSPS) is 9.93. The number of methoxy groups -OCH3 is 1. The highest BCUT2D eigenvalue weighted by Crippen LogP contribution is 2.14. The van der Waals surface area contributed by atoms with E-state index in [1.807, 2.05) is 0 Å². The number of aromatic amines is 1. The molecule has 0 bridgehead atoms. The lowest BCUT2D eigenvalue weighted by atomic mass is 10.3. The highest BCUT2D eigenvalue weighted by atomic mass is 32.2. The molecule has 0 aliphatic carbocycles. The molecule has 0 fully saturated rings. The predicted octanol–water partition coefficient (Wildman–Crippen LogP) is 0.815. The van der Waals surface area contributed by atoms with Crippen molar-refractivity contribution in [3.05, 3.63) is 22.5 Å². The number of rotatable bonds is 5. The third-order valence-electron chi connectivity index (χ3n) is 1.66. The Kier molecular flexibility index (Phi) is 4.89. The fraction of sp³-hybridized carbons (Fsp3) is 0.444. The summed E-state index contributed by atoms with van der Waals surface area (Å²) in [5.74, 6) is 0.568. The second kappa shape index (κ2) is 6.23. The van der Waals surface area contributed by atoms with Gasteiger partial charge in [-0.1, -0.05) is 0 Å². The number of ether oxygens (including phenoxy) is 1. The van der Waals surface area contributed by atoms with Crippen molar-refractivity contribution >= 4 is 17.7 Å². The lowest BCUT2D eigenvalue weighted by Gasteiger charge is -1.99. The van der Waals surface area contributed by atoms with Crippen molar-refractivity contribution in [2.75, 3.05) is 12.9 Å². The van der Waals surface area contributed by atoms with E-state index in [9.17, 15) is 9.59 Å². The first-order valence-electron chi connectivity index (χ1n) is 4.47. The fourth-order valence-electron chi connectivity index (χ4n) is 0.907. The Hall–Kier alpha value is -1.30. The third-order valence-corrected chi connectivity index (χ3v) is 2.67. The largest absolute Gasteiger partial charge is 0.469 e. The van der Waals surface area contributed by atoms with Crippen molar-refractivity contribution in [3.63, 3.8) is 0 Å². The zero-order valence-corrected chi connectivity index (χ0v) is 9.17. The number of aromatic nitrogens is 2. The van der Waals surface area contributed by atoms with Crippen LogP contribution < -0.4 is 5.56 Å². The van der Waals surface area contributed by atoms with E-state index in [1.165, 1.54) is 24.9 Å². The van der Waals surface area contributed by atoms with Crippen LogP contribution in [0, 0.1) is 0 Å². The molecule has 0 saturated carbocycles. The van der Waals surface area contributed by atoms with Gasteiger partial charge in [-0.25, -0.2) is 5.10 Å². The van der Waals surface area contributed by atoms with Crippen LogP contribution in [-0.4, -0.2) is 29.0 Å². The van der Waals surface area contributed by atoms with Crippen LogP contribution in [-0.2, 0) is 9.53 Å². The minimum Gasteiger partial charge on any atom is -0.469 e. The number of esters is 1. The van der Waals surface area contributed by atoms with Crippen molar-refractivity contribution < 1.29 is 9.53 Å². The molecular formula is C9H12N2O3S. The molecule has 0 saturated heterocycles. The zero-order chi connectivity index (χ0) is 11.1. The summed E-state index contributed by atoms with van der Waals surface area (Å²) >= 11 is 1.49. The molecule has 0 aliphatic rings. The minimum absolute atomic E-state index is 0.204. The standard InChI is InChI=1S/C9H12N2O3S/c1-14-9(13)3-2-6-15-8-5-4-7(12)10-11-8/h4-5H,2-3,6H2,1H3,(H,10,12). The molecule has 0 aliphatic heterocycles. The van der Waals surface area contributed by atoms with E-state index >= 15 is 0 Å². The smallest absolute Gasteiger partial charge is 0.305 e. The molecule has 6 heteroatoms. The van der Waals surface area contributed by atoms with Gasteiger partial charge in [-0.3, -0.25) is 9.59 Å². The number of nitrogens with one attached hydrogen (secondary N) is 1. The molecule has 0 amide bonds. The van der Waals surface area contributed by atoms with Gasteiger partial charge in [-0.15, -0.1) is 11.8 Å². The molecule has 1 N–H and O–H groups in total. The molecule has 15 heavy (non-hydrogen) atoms. The lowest BCUT2D eigenvalue weighted by Crippen LogP contribution is -2.05. The predicted molar refractivity (Wildman–Crippen MR) is 56.8 cm³/mol. The maximum Gasteiger partial charge on any atom is 0.305 e. The van der Waals surface area contributed by atoms with Crippen LogP contribution in [0.4, 0.5) is 0 Å². The van der Waals surface area contributed by atoms with Crippen molar-refractivity contribution in [1.29, 1.82) is 0 Å². The van der Waals surface area contributed by atoms with E-state index in [1.54, 1.807) is 6.07 Å². The van der Waals surface area contributed by atoms with Gasteiger partial charge in [0.15, 0.2) is 0 Å². The Morgan fingerprint density at radius 3 is 3.00 bits per heavy atom. The number of thioether (sulfide) groups is 1. The first-order chi connectivity index (χ1) is 7.22. The summed E-state index contributed by atoms with van der Waals surface area (Å²) in [5.41, 5.74) is -0.214. The van der Waals surface area contributed by atoms with Crippen LogP contribution in [0.25, 0.3) is 0 Å². The van der Waals surface area contributed by atoms with Crippen LogP contribution in [0.2, 0.25) is 0 Å². The molecule has 1 aromatic rings. The van der Waals surface area contributed by atoms with Gasteiger partial charge >= 0.3 is 5.97 Å². The summed E-state index contributed by atoms with van der Waals surface area (Å²) in [7, 11) is 1.37. The van der Waals surface area contributed by atoms with Crippen molar-refractivity contribution in [3.8, 4) is 0 Å². The van der Waals surface area contributed by atoms with E-state index in [4.69, 9.17) is 0 Å². The summed E-state index contributed by atoms with van der Waals surface area (Å²) in [4.78, 5) is 21.5. The van der Waals surface area contributed by atoms with Crippen molar-refractivity contribution in [2.24, 2.45) is 0 Å². The topological polar surface area (TPSA) is 72.1 Å². The molecule has 5 nitrogen and oxygen atoms in total. The van der Waals surface area contributed by atoms with Crippen molar-refractivity contribution in [1.82, 2.24) is 10.2 Å². The Balaban J connectivity index is 2.23. The summed E-state index contributed by atoms with van der Waals surface area (Å²) < 4.78 is 4.51. The quantitative estimate of drug-likeness (QED) is 0.459. The number of H-pyrrole nitrogens is 1. The van der Waals surface area contributed by atoms with E-state index in [0.29, 0.717) is 6.42 Å². The van der Waals surface area contributed by atoms with Crippen molar-refractivity contribution in [2.45, 2.75) is 17.9 Å². The van der Waals surface area contributed by atoms with Crippen LogP contribution in [0.5, 0.6) is 0 Å². The molecule has 1 aromatic heterocycles. The lowest BCUT2D eigenvalue weighted by molar-refractivity contribution is -0.140. The van der Waals surface area contributed by atoms with E-state index < -0.39 is 0 Å². The van der Waals surface area contributed by atoms with E-state index in [0.717, 1.165) is 17.2 Å². The second-order valence-corrected chi connectivity index (χ2v) is 3.90. The second-order valence-electron chi connectivity index (χ2n) is 2.79. The molecular weight excluding hydrogens is 216 g/mol. The third kappa shape index (κ3) is 4.64. The van der Waals surface area contributed by atoms with Crippen LogP contribution in [0.15, 0.2) is 22.0 Å². The highest BCUT2D eigenvalue weighted by molar-refractivity contribution is 7.99. The number of carbonyl (C=O) groups excluding carboxylic acids is 1. The molecule has 82 valence electrons. The Labute approximate surface area is 91.2 Å². The highest BCUT2D eigenvalue weighted by Gasteiger charge is 2.00. The first-order valence-corrected chi connectivity index (χ1v) is 5.46. The van der Waals surface area contributed by atoms with Gasteiger partial charge in [0.05, 0.1) is 7.11 Å². The van der Waals surface area contributed by atoms with E-state index in [-0.39, 0.29) is 11.5 Å². The number of hydrogen-bond acceptors (Lipinski definition) is 5. The summed E-state index contributed by atoms with van der Waals surface area (Å²) in [6.07, 6.45) is 1.14. The maximum absolute atomic E-state index is 10.8. The van der Waals surface area contributed by atoms with Crippen LogP contribution >= 0.6 is 11.8 Å². The van der Waals surface area contributed by atoms with E-state index in [2.05, 4.69) is 14.9 Å². The maximum atomic E-state index is 10.8. The van der Waals surface area contributed by atoms with Crippen LogP contribution in [0.1, 0.15) is 12.8 Å². The summed E-state index contributed by atoms with van der Waals surface area (Å²) in [6.45, 7) is 0. The molecule has 0 radical (unpaired) electrons. The molecule has 0 spiro atoms. The van der Waals surface area contributed by atoms with Gasteiger partial charge in [-0.05, 0) is 12.5 Å². The first kappa shape index (κ1) is 11.8. The molecule has 0 atom stereocenters. The number of carbonyl (C=O) groups is 1. The van der Waals surface area contributed by atoms with Gasteiger partial charge in [-0.2, -0.15) is 5.10 Å². The minimum atomic E-state index is -0.214. The average Bonchev–Trinajstić information content (AvgIpc) is 2.26. The SMILES string of the molecule is COC(=O)CCCSc1ccc(=O)[nH]n1. The summed E-state index contributed by atoms with van der Waals surface area (Å²) in [5, 5.41) is 6.92. The Morgan fingerprint density at radius 1 is 1.60 bits per heavy atom. The van der Waals surface area contributed by atoms with Gasteiger partial charge in [0.2, 0.25) is 0 Å². The monoisotopic (exact) mass is 228 g/mol. The Bertz CT molecular complexity index is 357. The molecule has 1 rings (SSSR count). The average molecular weight is 228 g/mol. The number of hydrogen-bond donors (Lipinski definition) is 1. The van der Waals surface area contributed by atoms with Crippen LogP contribution in [0.3, 0.4) is 0 Å². The summed E-state index contributed by atoms with van der Waals surface area (Å²) in [6, 6.07) is 3.08.